The molecule has 138 valence electrons. The van der Waals surface area contributed by atoms with Crippen molar-refractivity contribution in [1.82, 2.24) is 9.80 Å². The van der Waals surface area contributed by atoms with E-state index in [1.165, 1.54) is 5.56 Å². The highest BCUT2D eigenvalue weighted by Crippen LogP contribution is 2.14. The minimum absolute atomic E-state index is 0.00888. The van der Waals surface area contributed by atoms with E-state index in [9.17, 15) is 4.79 Å². The van der Waals surface area contributed by atoms with Crippen molar-refractivity contribution in [2.24, 2.45) is 0 Å². The lowest BCUT2D eigenvalue weighted by molar-refractivity contribution is 0.148. The summed E-state index contributed by atoms with van der Waals surface area (Å²) in [5, 5.41) is 2.99. The van der Waals surface area contributed by atoms with E-state index in [-0.39, 0.29) is 6.03 Å². The molecular formula is C21H27N3O2. The number of hydrogen-bond donors (Lipinski definition) is 1. The first-order chi connectivity index (χ1) is 12.6. The number of piperazine rings is 1. The Kier molecular flexibility index (Phi) is 6.12. The molecule has 0 aromatic heterocycles. The lowest BCUT2D eigenvalue weighted by Crippen LogP contribution is -2.50. The Morgan fingerprint density at radius 2 is 1.81 bits per heavy atom. The van der Waals surface area contributed by atoms with Crippen molar-refractivity contribution in [3.63, 3.8) is 0 Å². The number of nitrogens with zero attached hydrogens (tertiary/aromatic N) is 2. The van der Waals surface area contributed by atoms with Crippen LogP contribution in [0.15, 0.2) is 48.5 Å². The molecule has 26 heavy (non-hydrogen) atoms. The minimum atomic E-state index is -0.00888. The molecule has 2 aromatic rings. The van der Waals surface area contributed by atoms with E-state index in [4.69, 9.17) is 4.74 Å². The monoisotopic (exact) mass is 353 g/mol. The Morgan fingerprint density at radius 3 is 2.46 bits per heavy atom. The quantitative estimate of drug-likeness (QED) is 0.896. The molecular weight excluding hydrogens is 326 g/mol. The maximum Gasteiger partial charge on any atom is 0.321 e. The summed E-state index contributed by atoms with van der Waals surface area (Å²) in [7, 11) is 1.68. The highest BCUT2D eigenvalue weighted by atomic mass is 16.5. The van der Waals surface area contributed by atoms with Crippen LogP contribution in [0.3, 0.4) is 0 Å². The van der Waals surface area contributed by atoms with Crippen molar-refractivity contribution in [1.29, 1.82) is 0 Å². The summed E-state index contributed by atoms with van der Waals surface area (Å²) in [5.41, 5.74) is 3.31. The number of benzene rings is 2. The van der Waals surface area contributed by atoms with E-state index >= 15 is 0 Å². The van der Waals surface area contributed by atoms with Crippen LogP contribution in [0.1, 0.15) is 11.1 Å². The van der Waals surface area contributed by atoms with Crippen LogP contribution < -0.4 is 10.1 Å². The molecule has 0 radical (unpaired) electrons. The van der Waals surface area contributed by atoms with Gasteiger partial charge in [-0.05, 0) is 48.7 Å². The second-order valence-corrected chi connectivity index (χ2v) is 6.73. The second kappa shape index (κ2) is 8.72. The fourth-order valence-electron chi connectivity index (χ4n) is 3.18. The Morgan fingerprint density at radius 1 is 1.08 bits per heavy atom. The van der Waals surface area contributed by atoms with Crippen LogP contribution >= 0.6 is 0 Å². The third-order valence-corrected chi connectivity index (χ3v) is 4.80. The number of rotatable bonds is 5. The molecule has 1 N–H and O–H groups in total. The number of nitrogens with one attached hydrogen (secondary N) is 1. The molecule has 1 aliphatic heterocycles. The number of anilines is 1. The van der Waals surface area contributed by atoms with Gasteiger partial charge >= 0.3 is 6.03 Å². The molecule has 1 fully saturated rings. The van der Waals surface area contributed by atoms with E-state index in [0.29, 0.717) is 0 Å². The van der Waals surface area contributed by atoms with Crippen molar-refractivity contribution in [3.05, 3.63) is 59.7 Å². The van der Waals surface area contributed by atoms with Gasteiger partial charge in [0.25, 0.3) is 0 Å². The van der Waals surface area contributed by atoms with Gasteiger partial charge in [0.15, 0.2) is 0 Å². The van der Waals surface area contributed by atoms with Gasteiger partial charge in [-0.1, -0.05) is 24.3 Å². The molecule has 2 aromatic carbocycles. The Balaban J connectivity index is 1.42. The first-order valence-corrected chi connectivity index (χ1v) is 9.12. The topological polar surface area (TPSA) is 44.8 Å². The lowest BCUT2D eigenvalue weighted by Gasteiger charge is -2.34. The van der Waals surface area contributed by atoms with Crippen LogP contribution in [-0.4, -0.2) is 55.7 Å². The summed E-state index contributed by atoms with van der Waals surface area (Å²) in [5.74, 6) is 0.891. The van der Waals surface area contributed by atoms with Crippen molar-refractivity contribution in [2.75, 3.05) is 45.2 Å². The summed E-state index contributed by atoms with van der Waals surface area (Å²) in [6, 6.07) is 16.1. The SMILES string of the molecule is COc1ccc(CCN2CCN(C(=O)Nc3cccc(C)c3)CC2)cc1. The van der Waals surface area contributed by atoms with Crippen LogP contribution in [0.5, 0.6) is 5.75 Å². The maximum absolute atomic E-state index is 12.4. The van der Waals surface area contributed by atoms with Crippen molar-refractivity contribution < 1.29 is 9.53 Å². The zero-order valence-electron chi connectivity index (χ0n) is 15.6. The van der Waals surface area contributed by atoms with E-state index in [2.05, 4.69) is 22.3 Å². The number of methoxy groups -OCH3 is 1. The molecule has 1 aliphatic rings. The van der Waals surface area contributed by atoms with E-state index in [0.717, 1.165) is 56.1 Å². The molecule has 0 saturated carbocycles. The molecule has 0 aliphatic carbocycles. The highest BCUT2D eigenvalue weighted by molar-refractivity contribution is 5.89. The van der Waals surface area contributed by atoms with Gasteiger partial charge in [-0.3, -0.25) is 4.90 Å². The molecule has 5 heteroatoms. The second-order valence-electron chi connectivity index (χ2n) is 6.73. The van der Waals surface area contributed by atoms with E-state index in [1.807, 2.05) is 48.2 Å². The Labute approximate surface area is 155 Å². The van der Waals surface area contributed by atoms with Crippen LogP contribution in [-0.2, 0) is 6.42 Å². The predicted molar refractivity (Wildman–Crippen MR) is 105 cm³/mol. The normalized spacial score (nSPS) is 14.9. The van der Waals surface area contributed by atoms with Crippen molar-refractivity contribution in [2.45, 2.75) is 13.3 Å². The summed E-state index contributed by atoms with van der Waals surface area (Å²) >= 11 is 0. The van der Waals surface area contributed by atoms with Gasteiger partial charge in [-0.2, -0.15) is 0 Å². The molecule has 0 spiro atoms. The molecule has 2 amide bonds. The van der Waals surface area contributed by atoms with Crippen LogP contribution in [0, 0.1) is 6.92 Å². The summed E-state index contributed by atoms with van der Waals surface area (Å²) < 4.78 is 5.19. The first kappa shape index (κ1) is 18.3. The number of ether oxygens (including phenoxy) is 1. The van der Waals surface area contributed by atoms with Crippen LogP contribution in [0.2, 0.25) is 0 Å². The fraction of sp³-hybridized carbons (Fsp3) is 0.381. The zero-order valence-corrected chi connectivity index (χ0v) is 15.6. The molecule has 1 heterocycles. The van der Waals surface area contributed by atoms with Gasteiger partial charge in [0.2, 0.25) is 0 Å². The number of carbonyl (C=O) groups excluding carboxylic acids is 1. The van der Waals surface area contributed by atoms with Gasteiger partial charge in [-0.15, -0.1) is 0 Å². The minimum Gasteiger partial charge on any atom is -0.497 e. The average Bonchev–Trinajstić information content (AvgIpc) is 2.67. The molecule has 0 unspecified atom stereocenters. The average molecular weight is 353 g/mol. The molecule has 0 atom stereocenters. The zero-order chi connectivity index (χ0) is 18.4. The van der Waals surface area contributed by atoms with Gasteiger partial charge < -0.3 is 15.0 Å². The standard InChI is InChI=1S/C21H27N3O2/c1-17-4-3-5-19(16-17)22-21(25)24-14-12-23(13-15-24)11-10-18-6-8-20(26-2)9-7-18/h3-9,16H,10-15H2,1-2H3,(H,22,25). The van der Waals surface area contributed by atoms with Gasteiger partial charge in [0.05, 0.1) is 7.11 Å². The summed E-state index contributed by atoms with van der Waals surface area (Å²) in [4.78, 5) is 16.7. The van der Waals surface area contributed by atoms with Gasteiger partial charge in [0.1, 0.15) is 5.75 Å². The van der Waals surface area contributed by atoms with Crippen LogP contribution in [0.4, 0.5) is 10.5 Å². The number of carbonyl (C=O) groups is 1. The number of aryl methyl sites for hydroxylation is 1. The first-order valence-electron chi connectivity index (χ1n) is 9.12. The van der Waals surface area contributed by atoms with Crippen LogP contribution in [0.25, 0.3) is 0 Å². The maximum atomic E-state index is 12.4. The Hall–Kier alpha value is -2.53. The molecule has 0 bridgehead atoms. The van der Waals surface area contributed by atoms with Crippen molar-refractivity contribution >= 4 is 11.7 Å². The third-order valence-electron chi connectivity index (χ3n) is 4.80. The summed E-state index contributed by atoms with van der Waals surface area (Å²) in [6.07, 6.45) is 1.01. The molecule has 5 nitrogen and oxygen atoms in total. The molecule has 3 rings (SSSR count). The van der Waals surface area contributed by atoms with Gasteiger partial charge in [-0.25, -0.2) is 4.79 Å². The number of urea groups is 1. The smallest absolute Gasteiger partial charge is 0.321 e. The lowest BCUT2D eigenvalue weighted by atomic mass is 10.1. The largest absolute Gasteiger partial charge is 0.497 e. The van der Waals surface area contributed by atoms with E-state index < -0.39 is 0 Å². The Bertz CT molecular complexity index is 722. The van der Waals surface area contributed by atoms with Crippen molar-refractivity contribution in [3.8, 4) is 5.75 Å². The highest BCUT2D eigenvalue weighted by Gasteiger charge is 2.20. The van der Waals surface area contributed by atoms with E-state index in [1.54, 1.807) is 7.11 Å². The number of amides is 2. The predicted octanol–water partition coefficient (Wildman–Crippen LogP) is 3.40. The van der Waals surface area contributed by atoms with Gasteiger partial charge in [0, 0.05) is 38.4 Å². The third kappa shape index (κ3) is 4.99. The fourth-order valence-corrected chi connectivity index (χ4v) is 3.18. The number of hydrogen-bond acceptors (Lipinski definition) is 3. The molecule has 1 saturated heterocycles. The summed E-state index contributed by atoms with van der Waals surface area (Å²) in [6.45, 7) is 6.40.